The van der Waals surface area contributed by atoms with Crippen molar-refractivity contribution in [1.29, 1.82) is 0 Å². The highest BCUT2D eigenvalue weighted by molar-refractivity contribution is 7.80. The molecule has 27 heavy (non-hydrogen) atoms. The van der Waals surface area contributed by atoms with Gasteiger partial charge in [-0.15, -0.1) is 18.1 Å². The van der Waals surface area contributed by atoms with Crippen LogP contribution in [0.1, 0.15) is 37.5 Å². The molecule has 1 heterocycles. The highest BCUT2D eigenvalue weighted by Gasteiger charge is 2.30. The van der Waals surface area contributed by atoms with Gasteiger partial charge < -0.3 is 22.6 Å². The minimum absolute atomic E-state index is 0.182. The zero-order valence-corrected chi connectivity index (χ0v) is 17.4. The number of thiol groups is 1. The van der Waals surface area contributed by atoms with Crippen LogP contribution in [-0.4, -0.2) is 54.7 Å². The Balaban J connectivity index is 2.07. The van der Waals surface area contributed by atoms with Crippen molar-refractivity contribution in [3.05, 3.63) is 22.8 Å². The lowest BCUT2D eigenvalue weighted by molar-refractivity contribution is 0.0139. The Hall–Kier alpha value is -1.35. The Morgan fingerprint density at radius 3 is 2.19 bits per heavy atom. The third kappa shape index (κ3) is 5.57. The van der Waals surface area contributed by atoms with Gasteiger partial charge in [0.15, 0.2) is 0 Å². The molecule has 9 heteroatoms. The molecular weight excluding hydrogens is 376 g/mol. The molecule has 0 bridgehead atoms. The summed E-state index contributed by atoms with van der Waals surface area (Å²) < 4.78 is 45.4. The highest BCUT2D eigenvalue weighted by atomic mass is 32.1. The van der Waals surface area contributed by atoms with E-state index in [2.05, 4.69) is 17.5 Å². The Kier molecular flexibility index (Phi) is 6.46. The molecule has 2 rings (SSSR count). The molecule has 0 N–H and O–H groups in total. The number of ether oxygens (including phenoxy) is 1. The average Bonchev–Trinajstić information content (AvgIpc) is 2.53. The summed E-state index contributed by atoms with van der Waals surface area (Å²) in [5.74, 6) is 0. The summed E-state index contributed by atoms with van der Waals surface area (Å²) in [5, 5.41) is 0. The molecule has 0 radical (unpaired) electrons. The zero-order valence-electron chi connectivity index (χ0n) is 16.5. The van der Waals surface area contributed by atoms with Gasteiger partial charge in [0.25, 0.3) is 0 Å². The lowest BCUT2D eigenvalue weighted by Crippen LogP contribution is -2.49. The van der Waals surface area contributed by atoms with Crippen molar-refractivity contribution in [3.63, 3.8) is 0 Å². The summed E-state index contributed by atoms with van der Waals surface area (Å²) in [6.45, 7) is 6.18. The van der Waals surface area contributed by atoms with Gasteiger partial charge >= 0.3 is 13.1 Å². The van der Waals surface area contributed by atoms with E-state index in [1.54, 1.807) is 11.8 Å². The van der Waals surface area contributed by atoms with Crippen LogP contribution in [0.2, 0.25) is 0 Å². The smallest absolute Gasteiger partial charge is 0.445 e. The van der Waals surface area contributed by atoms with E-state index in [9.17, 15) is 17.7 Å². The van der Waals surface area contributed by atoms with E-state index in [0.29, 0.717) is 43.2 Å². The number of rotatable bonds is 3. The van der Waals surface area contributed by atoms with Gasteiger partial charge in [-0.3, -0.25) is 4.90 Å². The Labute approximate surface area is 164 Å². The van der Waals surface area contributed by atoms with Crippen LogP contribution in [0.5, 0.6) is 0 Å². The number of amides is 1. The summed E-state index contributed by atoms with van der Waals surface area (Å²) in [5.41, 5.74) is 0.459. The average molecular weight is 403 g/mol. The minimum Gasteiger partial charge on any atom is -0.445 e. The molecular formula is C18H27BF3N2O2S-. The van der Waals surface area contributed by atoms with E-state index >= 15 is 0 Å². The number of hydrogen-bond donors (Lipinski definition) is 1. The number of carbonyl (C=O) groups is 1. The largest absolute Gasteiger partial charge is 0.509 e. The predicted octanol–water partition coefficient (Wildman–Crippen LogP) is 3.70. The topological polar surface area (TPSA) is 32.8 Å². The second-order valence-corrected chi connectivity index (χ2v) is 8.49. The lowest BCUT2D eigenvalue weighted by Gasteiger charge is -2.36. The number of halogens is 3. The van der Waals surface area contributed by atoms with Gasteiger partial charge in [0.05, 0.1) is 0 Å². The number of nitrogens with zero attached hydrogens (tertiary/aromatic N) is 2. The van der Waals surface area contributed by atoms with Gasteiger partial charge in [0.1, 0.15) is 5.60 Å². The Morgan fingerprint density at radius 2 is 1.70 bits per heavy atom. The summed E-state index contributed by atoms with van der Waals surface area (Å²) in [6, 6.07) is 1.25. The van der Waals surface area contributed by atoms with Gasteiger partial charge in [-0.05, 0) is 45.7 Å². The van der Waals surface area contributed by atoms with Crippen LogP contribution in [0.3, 0.4) is 0 Å². The van der Waals surface area contributed by atoms with Crippen LogP contribution in [0, 0.1) is 13.8 Å². The molecule has 1 aromatic carbocycles. The van der Waals surface area contributed by atoms with Crippen LogP contribution >= 0.6 is 12.6 Å². The second kappa shape index (κ2) is 7.95. The van der Waals surface area contributed by atoms with Crippen molar-refractivity contribution < 1.29 is 22.5 Å². The quantitative estimate of drug-likeness (QED) is 0.617. The van der Waals surface area contributed by atoms with E-state index in [1.165, 1.54) is 13.0 Å². The van der Waals surface area contributed by atoms with E-state index < -0.39 is 18.0 Å². The third-order valence-electron chi connectivity index (χ3n) is 4.73. The molecule has 0 saturated carbocycles. The van der Waals surface area contributed by atoms with Crippen molar-refractivity contribution in [3.8, 4) is 0 Å². The molecule has 4 nitrogen and oxygen atoms in total. The molecule has 1 aliphatic rings. The normalized spacial score (nSPS) is 16.6. The van der Waals surface area contributed by atoms with Crippen LogP contribution in [0.4, 0.5) is 17.7 Å². The molecule has 1 saturated heterocycles. The molecule has 152 valence electrons. The van der Waals surface area contributed by atoms with Crippen molar-refractivity contribution >= 4 is 31.2 Å². The van der Waals surface area contributed by atoms with Gasteiger partial charge in [-0.2, -0.15) is 0 Å². The van der Waals surface area contributed by atoms with Gasteiger partial charge in [-0.1, -0.05) is 11.6 Å². The fraction of sp³-hybridized carbons (Fsp3) is 0.611. The van der Waals surface area contributed by atoms with Crippen LogP contribution in [0.15, 0.2) is 11.0 Å². The van der Waals surface area contributed by atoms with Crippen molar-refractivity contribution in [1.82, 2.24) is 9.80 Å². The number of piperazine rings is 1. The first-order chi connectivity index (χ1) is 12.3. The molecule has 1 amide bonds. The first-order valence-electron chi connectivity index (χ1n) is 9.01. The fourth-order valence-corrected chi connectivity index (χ4v) is 3.41. The van der Waals surface area contributed by atoms with E-state index in [-0.39, 0.29) is 11.7 Å². The standard InChI is InChI=1S/C18H27BF3N2O2S/c1-12-14(10-15(19(20,21)22)13(2)16(12)27)11-23-6-8-24(9-7-23)17(25)26-18(3,4)5/h10,27H,6-9,11H2,1-5H3/q-1. The summed E-state index contributed by atoms with van der Waals surface area (Å²) in [4.78, 5) is 16.2. The number of hydrogen-bond acceptors (Lipinski definition) is 4. The summed E-state index contributed by atoms with van der Waals surface area (Å²) in [6.07, 6.45) is -0.353. The molecule has 0 aliphatic carbocycles. The van der Waals surface area contributed by atoms with Crippen molar-refractivity contribution in [2.75, 3.05) is 26.2 Å². The molecule has 1 aromatic rings. The van der Waals surface area contributed by atoms with Gasteiger partial charge in [0.2, 0.25) is 0 Å². The van der Waals surface area contributed by atoms with Crippen LogP contribution in [-0.2, 0) is 11.3 Å². The van der Waals surface area contributed by atoms with Crippen LogP contribution in [0.25, 0.3) is 0 Å². The number of carbonyl (C=O) groups excluding carboxylic acids is 1. The molecule has 0 atom stereocenters. The second-order valence-electron chi connectivity index (χ2n) is 8.04. The monoisotopic (exact) mass is 403 g/mol. The van der Waals surface area contributed by atoms with Gasteiger partial charge in [0, 0.05) is 37.6 Å². The van der Waals surface area contributed by atoms with E-state index in [1.807, 2.05) is 20.8 Å². The van der Waals surface area contributed by atoms with Crippen LogP contribution < -0.4 is 5.46 Å². The first kappa shape index (κ1) is 21.9. The summed E-state index contributed by atoms with van der Waals surface area (Å²) >= 11 is 4.30. The zero-order chi connectivity index (χ0) is 20.6. The maximum absolute atomic E-state index is 13.4. The molecule has 0 spiro atoms. The molecule has 1 aliphatic heterocycles. The Morgan fingerprint density at radius 1 is 1.15 bits per heavy atom. The molecule has 0 aromatic heterocycles. The first-order valence-corrected chi connectivity index (χ1v) is 9.46. The van der Waals surface area contributed by atoms with Crippen molar-refractivity contribution in [2.24, 2.45) is 0 Å². The highest BCUT2D eigenvalue weighted by Crippen LogP contribution is 2.25. The van der Waals surface area contributed by atoms with E-state index in [0.717, 1.165) is 5.56 Å². The minimum atomic E-state index is -5.08. The number of benzene rings is 1. The van der Waals surface area contributed by atoms with E-state index in [4.69, 9.17) is 4.74 Å². The van der Waals surface area contributed by atoms with Crippen molar-refractivity contribution in [2.45, 2.75) is 51.7 Å². The summed E-state index contributed by atoms with van der Waals surface area (Å²) in [7, 11) is 0. The molecule has 0 unspecified atom stereocenters. The lowest BCUT2D eigenvalue weighted by atomic mass is 9.75. The van der Waals surface area contributed by atoms with Gasteiger partial charge in [-0.25, -0.2) is 4.79 Å². The maximum atomic E-state index is 13.4. The molecule has 1 fully saturated rings. The Bertz CT molecular complexity index is 712. The maximum Gasteiger partial charge on any atom is 0.509 e. The SMILES string of the molecule is Cc1c(CN2CCN(C(=O)OC(C)(C)C)CC2)cc([B-](F)(F)F)c(C)c1S. The fourth-order valence-electron chi connectivity index (χ4n) is 3.13. The predicted molar refractivity (Wildman–Crippen MR) is 105 cm³/mol. The third-order valence-corrected chi connectivity index (χ3v) is 5.40.